The zero-order chi connectivity index (χ0) is 17.0. The third-order valence-electron chi connectivity index (χ3n) is 3.42. The number of carbonyl (C=O) groups excluding carboxylic acids is 2. The number of nitrogens with one attached hydrogen (secondary N) is 3. The van der Waals surface area contributed by atoms with E-state index in [1.807, 2.05) is 13.8 Å². The van der Waals surface area contributed by atoms with Gasteiger partial charge in [0.1, 0.15) is 11.6 Å². The monoisotopic (exact) mass is 318 g/mol. The molecule has 1 aromatic carbocycles. The lowest BCUT2D eigenvalue weighted by Gasteiger charge is -2.20. The van der Waals surface area contributed by atoms with Gasteiger partial charge >= 0.3 is 0 Å². The van der Waals surface area contributed by atoms with E-state index in [0.29, 0.717) is 17.1 Å². The summed E-state index contributed by atoms with van der Waals surface area (Å²) in [4.78, 5) is 27.1. The predicted molar refractivity (Wildman–Crippen MR) is 90.2 cm³/mol. The van der Waals surface area contributed by atoms with E-state index in [4.69, 9.17) is 4.74 Å². The van der Waals surface area contributed by atoms with Gasteiger partial charge in [-0.15, -0.1) is 0 Å². The van der Waals surface area contributed by atoms with E-state index in [1.54, 1.807) is 12.1 Å². The molecule has 0 saturated heterocycles. The van der Waals surface area contributed by atoms with Crippen molar-refractivity contribution in [3.63, 3.8) is 0 Å². The van der Waals surface area contributed by atoms with E-state index in [2.05, 4.69) is 20.9 Å². The standard InChI is InChI=1S/C16H22N4O3/c1-9-14(23-10(2)16-17-7-8-18-16)6-5-13(19-11(3)21)15(9)20-12(4)22/h5-6,10H,7-8H2,1-4H3,(H,17,18)(H,19,21)(H,20,22). The van der Waals surface area contributed by atoms with Crippen LogP contribution >= 0.6 is 0 Å². The number of ether oxygens (including phenoxy) is 1. The van der Waals surface area contributed by atoms with Gasteiger partial charge in [0, 0.05) is 26.0 Å². The van der Waals surface area contributed by atoms with Crippen LogP contribution in [0, 0.1) is 6.92 Å². The van der Waals surface area contributed by atoms with Crippen molar-refractivity contribution < 1.29 is 14.3 Å². The van der Waals surface area contributed by atoms with Crippen LogP contribution in [0.25, 0.3) is 0 Å². The summed E-state index contributed by atoms with van der Waals surface area (Å²) in [5.74, 6) is 1.03. The fraction of sp³-hybridized carbons (Fsp3) is 0.438. The smallest absolute Gasteiger partial charge is 0.221 e. The molecule has 7 heteroatoms. The van der Waals surface area contributed by atoms with Crippen molar-refractivity contribution >= 4 is 29.0 Å². The lowest BCUT2D eigenvalue weighted by Crippen LogP contribution is -2.33. The van der Waals surface area contributed by atoms with Gasteiger partial charge in [0.15, 0.2) is 6.10 Å². The lowest BCUT2D eigenvalue weighted by molar-refractivity contribution is -0.115. The van der Waals surface area contributed by atoms with Crippen LogP contribution < -0.4 is 20.7 Å². The fourth-order valence-corrected chi connectivity index (χ4v) is 2.39. The molecule has 1 aliphatic heterocycles. The van der Waals surface area contributed by atoms with Crippen LogP contribution in [0.5, 0.6) is 5.75 Å². The third-order valence-corrected chi connectivity index (χ3v) is 3.42. The summed E-state index contributed by atoms with van der Waals surface area (Å²) in [6.07, 6.45) is -0.215. The first-order chi connectivity index (χ1) is 10.9. The van der Waals surface area contributed by atoms with Gasteiger partial charge in [-0.2, -0.15) is 0 Å². The maximum absolute atomic E-state index is 11.5. The maximum atomic E-state index is 11.5. The number of benzene rings is 1. The molecule has 1 atom stereocenters. The van der Waals surface area contributed by atoms with Gasteiger partial charge in [0.2, 0.25) is 11.8 Å². The maximum Gasteiger partial charge on any atom is 0.221 e. The highest BCUT2D eigenvalue weighted by atomic mass is 16.5. The number of hydrogen-bond acceptors (Lipinski definition) is 5. The van der Waals surface area contributed by atoms with Crippen LogP contribution in [0.3, 0.4) is 0 Å². The Bertz CT molecular complexity index is 655. The second-order valence-electron chi connectivity index (χ2n) is 5.43. The van der Waals surface area contributed by atoms with Crippen molar-refractivity contribution in [3.8, 4) is 5.75 Å². The number of hydrogen-bond donors (Lipinski definition) is 3. The first kappa shape index (κ1) is 16.8. The second-order valence-corrected chi connectivity index (χ2v) is 5.43. The summed E-state index contributed by atoms with van der Waals surface area (Å²) >= 11 is 0. The van der Waals surface area contributed by atoms with Gasteiger partial charge in [-0.25, -0.2) is 0 Å². The van der Waals surface area contributed by atoms with E-state index in [1.165, 1.54) is 13.8 Å². The summed E-state index contributed by atoms with van der Waals surface area (Å²) in [7, 11) is 0. The number of amidine groups is 1. The molecule has 0 fully saturated rings. The minimum Gasteiger partial charge on any atom is -0.482 e. The van der Waals surface area contributed by atoms with Crippen molar-refractivity contribution in [3.05, 3.63) is 17.7 Å². The minimum absolute atomic E-state index is 0.206. The Labute approximate surface area is 135 Å². The van der Waals surface area contributed by atoms with Gasteiger partial charge in [-0.1, -0.05) is 0 Å². The average molecular weight is 318 g/mol. The quantitative estimate of drug-likeness (QED) is 0.770. The number of nitrogens with zero attached hydrogens (tertiary/aromatic N) is 1. The lowest BCUT2D eigenvalue weighted by atomic mass is 10.1. The number of carbonyl (C=O) groups is 2. The molecule has 23 heavy (non-hydrogen) atoms. The van der Waals surface area contributed by atoms with E-state index in [9.17, 15) is 9.59 Å². The van der Waals surface area contributed by atoms with Crippen LogP contribution in [0.4, 0.5) is 11.4 Å². The van der Waals surface area contributed by atoms with Crippen LogP contribution in [0.2, 0.25) is 0 Å². The molecule has 2 rings (SSSR count). The van der Waals surface area contributed by atoms with Gasteiger partial charge in [0.25, 0.3) is 0 Å². The highest BCUT2D eigenvalue weighted by molar-refractivity contribution is 5.99. The number of rotatable bonds is 5. The second kappa shape index (κ2) is 7.13. The Morgan fingerprint density at radius 3 is 2.52 bits per heavy atom. The van der Waals surface area contributed by atoms with Crippen LogP contribution in [0.1, 0.15) is 26.3 Å². The van der Waals surface area contributed by atoms with Gasteiger partial charge in [0.05, 0.1) is 17.9 Å². The zero-order valence-electron chi connectivity index (χ0n) is 13.8. The van der Waals surface area contributed by atoms with Gasteiger partial charge < -0.3 is 20.7 Å². The molecule has 1 heterocycles. The molecule has 1 aliphatic rings. The first-order valence-electron chi connectivity index (χ1n) is 7.52. The minimum atomic E-state index is -0.216. The molecule has 124 valence electrons. The van der Waals surface area contributed by atoms with Crippen LogP contribution in [-0.2, 0) is 9.59 Å². The molecule has 0 aliphatic carbocycles. The molecule has 7 nitrogen and oxygen atoms in total. The molecule has 0 saturated carbocycles. The molecular formula is C16H22N4O3. The molecule has 0 bridgehead atoms. The van der Waals surface area contributed by atoms with Crippen LogP contribution in [-0.4, -0.2) is 36.8 Å². The van der Waals surface area contributed by atoms with Crippen molar-refractivity contribution in [2.75, 3.05) is 23.7 Å². The molecule has 0 aromatic heterocycles. The number of anilines is 2. The average Bonchev–Trinajstić information content (AvgIpc) is 2.99. The highest BCUT2D eigenvalue weighted by Gasteiger charge is 2.19. The molecular weight excluding hydrogens is 296 g/mol. The first-order valence-corrected chi connectivity index (χ1v) is 7.52. The Hall–Kier alpha value is -2.57. The Morgan fingerprint density at radius 1 is 1.26 bits per heavy atom. The highest BCUT2D eigenvalue weighted by Crippen LogP contribution is 2.33. The summed E-state index contributed by atoms with van der Waals surface area (Å²) in [5, 5.41) is 8.64. The Kier molecular flexibility index (Phi) is 5.20. The van der Waals surface area contributed by atoms with E-state index in [0.717, 1.165) is 24.5 Å². The Balaban J connectivity index is 2.29. The predicted octanol–water partition coefficient (Wildman–Crippen LogP) is 1.68. The van der Waals surface area contributed by atoms with Gasteiger partial charge in [-0.05, 0) is 26.0 Å². The van der Waals surface area contributed by atoms with E-state index in [-0.39, 0.29) is 17.9 Å². The summed E-state index contributed by atoms with van der Waals surface area (Å²) in [6, 6.07) is 3.49. The van der Waals surface area contributed by atoms with Crippen molar-refractivity contribution in [1.82, 2.24) is 5.32 Å². The van der Waals surface area contributed by atoms with Crippen molar-refractivity contribution in [2.24, 2.45) is 4.99 Å². The van der Waals surface area contributed by atoms with E-state index >= 15 is 0 Å². The van der Waals surface area contributed by atoms with Gasteiger partial charge in [-0.3, -0.25) is 14.6 Å². The number of amides is 2. The molecule has 0 spiro atoms. The Morgan fingerprint density at radius 2 is 1.96 bits per heavy atom. The SMILES string of the molecule is CC(=O)Nc1ccc(OC(C)C2=NCCN2)c(C)c1NC(C)=O. The normalized spacial score (nSPS) is 14.5. The van der Waals surface area contributed by atoms with Crippen molar-refractivity contribution in [1.29, 1.82) is 0 Å². The van der Waals surface area contributed by atoms with Crippen molar-refractivity contribution in [2.45, 2.75) is 33.8 Å². The molecule has 2 amide bonds. The molecule has 0 radical (unpaired) electrons. The molecule has 1 unspecified atom stereocenters. The van der Waals surface area contributed by atoms with E-state index < -0.39 is 0 Å². The summed E-state index contributed by atoms with van der Waals surface area (Å²) < 4.78 is 5.95. The fourth-order valence-electron chi connectivity index (χ4n) is 2.39. The summed E-state index contributed by atoms with van der Waals surface area (Å²) in [5.41, 5.74) is 1.83. The zero-order valence-corrected chi connectivity index (χ0v) is 13.8. The molecule has 1 aromatic rings. The molecule has 3 N–H and O–H groups in total. The summed E-state index contributed by atoms with van der Waals surface area (Å²) in [6.45, 7) is 8.16. The van der Waals surface area contributed by atoms with Crippen LogP contribution in [0.15, 0.2) is 17.1 Å². The number of aliphatic imine (C=N–C) groups is 1. The largest absolute Gasteiger partial charge is 0.482 e. The third kappa shape index (κ3) is 4.21. The topological polar surface area (TPSA) is 91.8 Å².